The molecule has 1 atom stereocenters. The van der Waals surface area contributed by atoms with Gasteiger partial charge in [-0.05, 0) is 51.3 Å². The van der Waals surface area contributed by atoms with Gasteiger partial charge in [-0.15, -0.1) is 11.8 Å². The average molecular weight is 410 g/mol. The number of hydrogen-bond donors (Lipinski definition) is 2. The van der Waals surface area contributed by atoms with Crippen molar-refractivity contribution in [2.75, 3.05) is 11.6 Å². The van der Waals surface area contributed by atoms with Gasteiger partial charge < -0.3 is 15.1 Å². The topological polar surface area (TPSA) is 97.1 Å². The van der Waals surface area contributed by atoms with Crippen LogP contribution < -0.4 is 10.6 Å². The number of benzene rings is 1. The Morgan fingerprint density at radius 3 is 2.55 bits per heavy atom. The van der Waals surface area contributed by atoms with Gasteiger partial charge in [0.2, 0.25) is 5.89 Å². The van der Waals surface area contributed by atoms with Gasteiger partial charge in [0.1, 0.15) is 11.8 Å². The molecule has 0 aliphatic carbocycles. The minimum Gasteiger partial charge on any atom is -0.443 e. The number of oxazole rings is 1. The van der Waals surface area contributed by atoms with Crippen molar-refractivity contribution >= 4 is 29.3 Å². The predicted molar refractivity (Wildman–Crippen MR) is 112 cm³/mol. The molecule has 2 aromatic heterocycles. The highest BCUT2D eigenvalue weighted by molar-refractivity contribution is 7.98. The van der Waals surface area contributed by atoms with E-state index >= 15 is 0 Å². The van der Waals surface area contributed by atoms with E-state index in [4.69, 9.17) is 4.42 Å². The molecule has 0 aliphatic heterocycles. The van der Waals surface area contributed by atoms with Gasteiger partial charge >= 0.3 is 0 Å². The van der Waals surface area contributed by atoms with Crippen LogP contribution in [0.25, 0.3) is 0 Å². The van der Waals surface area contributed by atoms with Gasteiger partial charge in [0, 0.05) is 16.8 Å². The number of pyridine rings is 1. The van der Waals surface area contributed by atoms with E-state index in [-0.39, 0.29) is 23.4 Å². The zero-order chi connectivity index (χ0) is 21.0. The molecule has 2 heterocycles. The van der Waals surface area contributed by atoms with E-state index in [1.165, 1.54) is 6.20 Å². The van der Waals surface area contributed by atoms with E-state index in [1.807, 2.05) is 37.4 Å². The molecule has 0 bridgehead atoms. The van der Waals surface area contributed by atoms with E-state index in [9.17, 15) is 9.59 Å². The Morgan fingerprint density at radius 1 is 1.10 bits per heavy atom. The maximum atomic E-state index is 12.7. The summed E-state index contributed by atoms with van der Waals surface area (Å²) in [5, 5.41) is 5.67. The number of aromatic nitrogens is 2. The van der Waals surface area contributed by atoms with Crippen molar-refractivity contribution < 1.29 is 14.0 Å². The lowest BCUT2D eigenvalue weighted by Gasteiger charge is -2.10. The van der Waals surface area contributed by atoms with E-state index < -0.39 is 6.04 Å². The SMILES string of the molecule is CSc1ccccc1NC(=O)c1nc([C@H](C)NC(=O)c2ccc(C)nc2)oc1C. The van der Waals surface area contributed by atoms with Gasteiger partial charge in [0.15, 0.2) is 5.69 Å². The number of para-hydroxylation sites is 1. The van der Waals surface area contributed by atoms with E-state index in [0.717, 1.165) is 10.6 Å². The van der Waals surface area contributed by atoms with Crippen molar-refractivity contribution in [1.82, 2.24) is 15.3 Å². The van der Waals surface area contributed by atoms with Crippen LogP contribution in [0.1, 0.15) is 51.2 Å². The summed E-state index contributed by atoms with van der Waals surface area (Å²) < 4.78 is 5.64. The van der Waals surface area contributed by atoms with Crippen molar-refractivity contribution in [2.45, 2.75) is 31.7 Å². The highest BCUT2D eigenvalue weighted by Crippen LogP contribution is 2.26. The number of anilines is 1. The van der Waals surface area contributed by atoms with Crippen LogP contribution in [0.5, 0.6) is 0 Å². The second kappa shape index (κ2) is 8.91. The van der Waals surface area contributed by atoms with Crippen LogP contribution in [0.3, 0.4) is 0 Å². The van der Waals surface area contributed by atoms with Crippen LogP contribution in [-0.2, 0) is 0 Å². The minimum absolute atomic E-state index is 0.189. The summed E-state index contributed by atoms with van der Waals surface area (Å²) in [5.41, 5.74) is 2.17. The fraction of sp³-hybridized carbons (Fsp3) is 0.238. The first-order valence-corrected chi connectivity index (χ1v) is 10.3. The first-order valence-electron chi connectivity index (χ1n) is 9.04. The van der Waals surface area contributed by atoms with Gasteiger partial charge in [-0.25, -0.2) is 4.98 Å². The van der Waals surface area contributed by atoms with Gasteiger partial charge in [-0.3, -0.25) is 14.6 Å². The monoisotopic (exact) mass is 410 g/mol. The zero-order valence-electron chi connectivity index (χ0n) is 16.6. The van der Waals surface area contributed by atoms with Crippen molar-refractivity contribution in [2.24, 2.45) is 0 Å². The fourth-order valence-corrected chi connectivity index (χ4v) is 3.24. The van der Waals surface area contributed by atoms with Crippen molar-refractivity contribution in [3.8, 4) is 0 Å². The summed E-state index contributed by atoms with van der Waals surface area (Å²) in [4.78, 5) is 34.4. The van der Waals surface area contributed by atoms with Crippen LogP contribution in [0.15, 0.2) is 51.9 Å². The van der Waals surface area contributed by atoms with Crippen LogP contribution in [0.2, 0.25) is 0 Å². The Bertz CT molecular complexity index is 1030. The normalized spacial score (nSPS) is 11.7. The molecule has 2 N–H and O–H groups in total. The van der Waals surface area contributed by atoms with Gasteiger partial charge in [0.05, 0.1) is 11.3 Å². The number of thioether (sulfide) groups is 1. The smallest absolute Gasteiger partial charge is 0.277 e. The maximum absolute atomic E-state index is 12.7. The van der Waals surface area contributed by atoms with Crippen LogP contribution in [0, 0.1) is 13.8 Å². The van der Waals surface area contributed by atoms with Gasteiger partial charge in [-0.1, -0.05) is 12.1 Å². The fourth-order valence-electron chi connectivity index (χ4n) is 2.69. The number of nitrogens with one attached hydrogen (secondary N) is 2. The lowest BCUT2D eigenvalue weighted by molar-refractivity contribution is 0.0933. The standard InChI is InChI=1S/C21H22N4O3S/c1-12-9-10-15(11-22-12)19(26)23-13(2)21-25-18(14(3)28-21)20(27)24-16-7-5-6-8-17(16)29-4/h5-11,13H,1-4H3,(H,23,26)(H,24,27)/t13-/m0/s1. The molecule has 0 spiro atoms. The lowest BCUT2D eigenvalue weighted by atomic mass is 10.2. The molecule has 3 rings (SSSR count). The Balaban J connectivity index is 1.72. The number of nitrogens with zero attached hydrogens (tertiary/aromatic N) is 2. The first kappa shape index (κ1) is 20.6. The molecule has 0 fully saturated rings. The average Bonchev–Trinajstić information content (AvgIpc) is 3.11. The molecule has 8 heteroatoms. The lowest BCUT2D eigenvalue weighted by Crippen LogP contribution is -2.27. The third-order valence-corrected chi connectivity index (χ3v) is 5.07. The number of rotatable bonds is 6. The molecule has 1 aromatic carbocycles. The Hall–Kier alpha value is -3.13. The van der Waals surface area contributed by atoms with E-state index in [2.05, 4.69) is 20.6 Å². The zero-order valence-corrected chi connectivity index (χ0v) is 17.5. The third kappa shape index (κ3) is 4.83. The highest BCUT2D eigenvalue weighted by Gasteiger charge is 2.22. The van der Waals surface area contributed by atoms with Crippen molar-refractivity contribution in [1.29, 1.82) is 0 Å². The molecule has 3 aromatic rings. The Labute approximate surface area is 173 Å². The minimum atomic E-state index is -0.512. The summed E-state index contributed by atoms with van der Waals surface area (Å²) in [6.07, 6.45) is 3.46. The molecule has 0 saturated carbocycles. The largest absolute Gasteiger partial charge is 0.443 e. The summed E-state index contributed by atoms with van der Waals surface area (Å²) in [6.45, 7) is 5.27. The van der Waals surface area contributed by atoms with E-state index in [0.29, 0.717) is 17.0 Å². The molecular formula is C21H22N4O3S. The van der Waals surface area contributed by atoms with Crippen LogP contribution in [-0.4, -0.2) is 28.0 Å². The van der Waals surface area contributed by atoms with Crippen molar-refractivity contribution in [3.05, 3.63) is 71.2 Å². The summed E-state index contributed by atoms with van der Waals surface area (Å²) in [5.74, 6) is -0.00234. The second-order valence-electron chi connectivity index (χ2n) is 6.49. The number of amides is 2. The number of carbonyl (C=O) groups is 2. The van der Waals surface area contributed by atoms with Crippen LogP contribution in [0.4, 0.5) is 5.69 Å². The molecule has 29 heavy (non-hydrogen) atoms. The second-order valence-corrected chi connectivity index (χ2v) is 7.34. The summed E-state index contributed by atoms with van der Waals surface area (Å²) in [6, 6.07) is 10.5. The molecule has 0 aliphatic rings. The highest BCUT2D eigenvalue weighted by atomic mass is 32.2. The van der Waals surface area contributed by atoms with E-state index in [1.54, 1.807) is 37.7 Å². The molecular weight excluding hydrogens is 388 g/mol. The summed E-state index contributed by atoms with van der Waals surface area (Å²) >= 11 is 1.54. The van der Waals surface area contributed by atoms with Crippen LogP contribution >= 0.6 is 11.8 Å². The molecule has 0 radical (unpaired) electrons. The third-order valence-electron chi connectivity index (χ3n) is 4.27. The molecule has 2 amide bonds. The van der Waals surface area contributed by atoms with Gasteiger partial charge in [0.25, 0.3) is 11.8 Å². The molecule has 0 unspecified atom stereocenters. The maximum Gasteiger partial charge on any atom is 0.277 e. The number of hydrogen-bond acceptors (Lipinski definition) is 6. The molecule has 150 valence electrons. The predicted octanol–water partition coefficient (Wildman–Crippen LogP) is 4.15. The Kier molecular flexibility index (Phi) is 6.33. The summed E-state index contributed by atoms with van der Waals surface area (Å²) in [7, 11) is 0. The number of carbonyl (C=O) groups excluding carboxylic acids is 2. The number of aryl methyl sites for hydroxylation is 2. The Morgan fingerprint density at radius 2 is 1.86 bits per heavy atom. The van der Waals surface area contributed by atoms with Gasteiger partial charge in [-0.2, -0.15) is 0 Å². The quantitative estimate of drug-likeness (QED) is 0.593. The van der Waals surface area contributed by atoms with Crippen molar-refractivity contribution in [3.63, 3.8) is 0 Å². The molecule has 7 nitrogen and oxygen atoms in total. The first-order chi connectivity index (χ1) is 13.9. The molecule has 0 saturated heterocycles.